The van der Waals surface area contributed by atoms with E-state index in [9.17, 15) is 9.90 Å². The van der Waals surface area contributed by atoms with Crippen molar-refractivity contribution in [2.45, 2.75) is 24.5 Å². The summed E-state index contributed by atoms with van der Waals surface area (Å²) in [4.78, 5) is 22.8. The summed E-state index contributed by atoms with van der Waals surface area (Å²) in [5.41, 5.74) is 1.35. The first kappa shape index (κ1) is 19.7. The highest BCUT2D eigenvalue weighted by atomic mass is 16.5. The van der Waals surface area contributed by atoms with Gasteiger partial charge in [-0.15, -0.1) is 0 Å². The number of nitrogens with one attached hydrogen (secondary N) is 1. The van der Waals surface area contributed by atoms with E-state index in [0.717, 1.165) is 29.8 Å². The topological polar surface area (TPSA) is 114 Å². The molecule has 9 heteroatoms. The maximum absolute atomic E-state index is 12.3. The Morgan fingerprint density at radius 3 is 2.81 bits per heavy atom. The molecule has 1 aromatic carbocycles. The summed E-state index contributed by atoms with van der Waals surface area (Å²) in [5, 5.41) is 18.2. The zero-order chi connectivity index (χ0) is 21.4. The highest BCUT2D eigenvalue weighted by Crippen LogP contribution is 2.35. The average Bonchev–Trinajstić information content (AvgIpc) is 3.54. The van der Waals surface area contributed by atoms with Crippen LogP contribution in [0.3, 0.4) is 0 Å². The van der Waals surface area contributed by atoms with Crippen LogP contribution < -0.4 is 5.32 Å². The van der Waals surface area contributed by atoms with E-state index in [4.69, 9.17) is 9.26 Å². The van der Waals surface area contributed by atoms with Crippen LogP contribution in [-0.2, 0) is 15.1 Å². The molecule has 2 aromatic heterocycles. The van der Waals surface area contributed by atoms with Crippen LogP contribution in [0.2, 0.25) is 0 Å². The molecule has 2 aliphatic rings. The summed E-state index contributed by atoms with van der Waals surface area (Å²) in [6.07, 6.45) is 2.93. The summed E-state index contributed by atoms with van der Waals surface area (Å²) in [6, 6.07) is 11.4. The molecule has 5 rings (SSSR count). The Labute approximate surface area is 179 Å². The van der Waals surface area contributed by atoms with Crippen molar-refractivity contribution in [3.05, 3.63) is 48.4 Å². The van der Waals surface area contributed by atoms with Crippen molar-refractivity contribution in [2.75, 3.05) is 32.1 Å². The molecule has 0 saturated carbocycles. The first-order valence-electron chi connectivity index (χ1n) is 10.3. The number of carbonyl (C=O) groups is 1. The molecule has 4 heterocycles. The van der Waals surface area contributed by atoms with Crippen LogP contribution in [0, 0.1) is 0 Å². The molecule has 0 unspecified atom stereocenters. The van der Waals surface area contributed by atoms with E-state index in [1.165, 1.54) is 4.90 Å². The van der Waals surface area contributed by atoms with E-state index in [0.29, 0.717) is 24.8 Å². The molecule has 1 amide bonds. The number of amides is 1. The maximum atomic E-state index is 12.3. The molecule has 2 N–H and O–H groups in total. The number of likely N-dealkylation sites (N-methyl/N-ethyl adjacent to an activating group) is 1. The van der Waals surface area contributed by atoms with Crippen LogP contribution in [0.15, 0.2) is 47.1 Å². The van der Waals surface area contributed by atoms with Crippen LogP contribution in [-0.4, -0.2) is 63.9 Å². The standard InChI is InChI=1S/C22H23N5O4/c1-27-9-7-22(29,20(27)28)19-12-18(26-31-19)15-4-2-3-14(11-15)17-5-8-23-21(25-17)24-16-6-10-30-13-16/h2-5,8,11-12,16,29H,6-7,9-10,13H2,1H3,(H,23,24,25)/t16-,22-/m1/s1. The number of aliphatic hydroxyl groups is 1. The van der Waals surface area contributed by atoms with Crippen molar-refractivity contribution in [3.8, 4) is 22.5 Å². The van der Waals surface area contributed by atoms with Gasteiger partial charge in [-0.2, -0.15) is 0 Å². The SMILES string of the molecule is CN1CC[C@@](O)(c2cc(-c3cccc(-c4ccnc(N[C@@H]5CCOC5)n4)c3)no2)C1=O. The molecule has 2 fully saturated rings. The second kappa shape index (κ2) is 7.75. The van der Waals surface area contributed by atoms with Crippen molar-refractivity contribution in [2.24, 2.45) is 0 Å². The normalized spacial score (nSPS) is 23.5. The van der Waals surface area contributed by atoms with Crippen molar-refractivity contribution >= 4 is 11.9 Å². The lowest BCUT2D eigenvalue weighted by atomic mass is 9.98. The monoisotopic (exact) mass is 421 g/mol. The van der Waals surface area contributed by atoms with Gasteiger partial charge in [0.2, 0.25) is 11.5 Å². The third-order valence-corrected chi connectivity index (χ3v) is 5.80. The molecule has 31 heavy (non-hydrogen) atoms. The van der Waals surface area contributed by atoms with Crippen LogP contribution >= 0.6 is 0 Å². The number of rotatable bonds is 5. The third kappa shape index (κ3) is 3.66. The Balaban J connectivity index is 1.40. The molecule has 0 spiro atoms. The fourth-order valence-electron chi connectivity index (χ4n) is 3.95. The first-order chi connectivity index (χ1) is 15.0. The Hall–Kier alpha value is -3.30. The fraction of sp³-hybridized carbons (Fsp3) is 0.364. The highest BCUT2D eigenvalue weighted by Gasteiger charge is 2.48. The summed E-state index contributed by atoms with van der Waals surface area (Å²) < 4.78 is 10.8. The summed E-state index contributed by atoms with van der Waals surface area (Å²) in [5.74, 6) is 0.348. The van der Waals surface area contributed by atoms with Crippen LogP contribution in [0.25, 0.3) is 22.5 Å². The number of likely N-dealkylation sites (tertiary alicyclic amines) is 1. The van der Waals surface area contributed by atoms with Crippen molar-refractivity contribution in [3.63, 3.8) is 0 Å². The van der Waals surface area contributed by atoms with E-state index < -0.39 is 5.60 Å². The van der Waals surface area contributed by atoms with Gasteiger partial charge in [-0.1, -0.05) is 23.4 Å². The summed E-state index contributed by atoms with van der Waals surface area (Å²) >= 11 is 0. The molecule has 0 radical (unpaired) electrons. The van der Waals surface area contributed by atoms with Crippen LogP contribution in [0.1, 0.15) is 18.6 Å². The molecule has 2 atom stereocenters. The van der Waals surface area contributed by atoms with Crippen LogP contribution in [0.5, 0.6) is 0 Å². The lowest BCUT2D eigenvalue weighted by molar-refractivity contribution is -0.144. The van der Waals surface area contributed by atoms with Gasteiger partial charge in [0.15, 0.2) is 5.76 Å². The second-order valence-electron chi connectivity index (χ2n) is 7.96. The van der Waals surface area contributed by atoms with Gasteiger partial charge >= 0.3 is 0 Å². The molecule has 0 aliphatic carbocycles. The molecular formula is C22H23N5O4. The van der Waals surface area contributed by atoms with Gasteiger partial charge in [0, 0.05) is 50.0 Å². The van der Waals surface area contributed by atoms with Gasteiger partial charge in [-0.25, -0.2) is 9.97 Å². The minimum absolute atomic E-state index is 0.162. The smallest absolute Gasteiger partial charge is 0.262 e. The number of benzene rings is 1. The minimum Gasteiger partial charge on any atom is -0.379 e. The molecule has 2 saturated heterocycles. The van der Waals surface area contributed by atoms with Gasteiger partial charge < -0.3 is 24.6 Å². The summed E-state index contributed by atoms with van der Waals surface area (Å²) in [6.45, 7) is 1.87. The van der Waals surface area contributed by atoms with E-state index >= 15 is 0 Å². The number of anilines is 1. The minimum atomic E-state index is -1.66. The zero-order valence-corrected chi connectivity index (χ0v) is 17.1. The van der Waals surface area contributed by atoms with E-state index in [2.05, 4.69) is 20.4 Å². The van der Waals surface area contributed by atoms with E-state index in [-0.39, 0.29) is 24.1 Å². The quantitative estimate of drug-likeness (QED) is 0.644. The Morgan fingerprint density at radius 2 is 2.06 bits per heavy atom. The predicted octanol–water partition coefficient (Wildman–Crippen LogP) is 2.05. The van der Waals surface area contributed by atoms with Gasteiger partial charge in [0.1, 0.15) is 5.69 Å². The van der Waals surface area contributed by atoms with Crippen molar-refractivity contribution < 1.29 is 19.2 Å². The van der Waals surface area contributed by atoms with Crippen molar-refractivity contribution in [1.82, 2.24) is 20.0 Å². The van der Waals surface area contributed by atoms with Crippen molar-refractivity contribution in [1.29, 1.82) is 0 Å². The number of hydrogen-bond donors (Lipinski definition) is 2. The maximum Gasteiger partial charge on any atom is 0.262 e. The third-order valence-electron chi connectivity index (χ3n) is 5.80. The molecular weight excluding hydrogens is 398 g/mol. The Morgan fingerprint density at radius 1 is 1.23 bits per heavy atom. The number of hydrogen-bond acceptors (Lipinski definition) is 8. The largest absolute Gasteiger partial charge is 0.379 e. The zero-order valence-electron chi connectivity index (χ0n) is 17.1. The van der Waals surface area contributed by atoms with Gasteiger partial charge in [0.25, 0.3) is 5.91 Å². The van der Waals surface area contributed by atoms with Gasteiger partial charge in [0.05, 0.1) is 18.3 Å². The highest BCUT2D eigenvalue weighted by molar-refractivity contribution is 5.87. The number of aromatic nitrogens is 3. The summed E-state index contributed by atoms with van der Waals surface area (Å²) in [7, 11) is 1.66. The first-order valence-corrected chi connectivity index (χ1v) is 10.3. The molecule has 0 bridgehead atoms. The molecule has 3 aromatic rings. The lowest BCUT2D eigenvalue weighted by Crippen LogP contribution is -2.35. The fourth-order valence-corrected chi connectivity index (χ4v) is 3.95. The van der Waals surface area contributed by atoms with E-state index in [1.54, 1.807) is 19.3 Å². The average molecular weight is 421 g/mol. The number of ether oxygens (including phenoxy) is 1. The lowest BCUT2D eigenvalue weighted by Gasteiger charge is -2.16. The Bertz CT molecular complexity index is 1110. The Kier molecular flexibility index (Phi) is 4.91. The molecule has 160 valence electrons. The van der Waals surface area contributed by atoms with Gasteiger partial charge in [-0.05, 0) is 18.6 Å². The molecule has 2 aliphatic heterocycles. The predicted molar refractivity (Wildman–Crippen MR) is 112 cm³/mol. The number of nitrogens with zero attached hydrogens (tertiary/aromatic N) is 4. The van der Waals surface area contributed by atoms with E-state index in [1.807, 2.05) is 30.3 Å². The molecule has 9 nitrogen and oxygen atoms in total. The number of carbonyl (C=O) groups excluding carboxylic acids is 1. The van der Waals surface area contributed by atoms with Crippen LogP contribution in [0.4, 0.5) is 5.95 Å². The van der Waals surface area contributed by atoms with Gasteiger partial charge in [-0.3, -0.25) is 4.79 Å². The second-order valence-corrected chi connectivity index (χ2v) is 7.96.